The summed E-state index contributed by atoms with van der Waals surface area (Å²) in [5.74, 6) is 0.644. The molecular weight excluding hydrogens is 246 g/mol. The van der Waals surface area contributed by atoms with E-state index < -0.39 is 0 Å². The number of thiazole rings is 1. The number of hydrogen-bond donors (Lipinski definition) is 1. The Bertz CT molecular complexity index is 456. The van der Waals surface area contributed by atoms with Crippen LogP contribution in [0.4, 0.5) is 0 Å². The monoisotopic (exact) mass is 263 g/mol. The summed E-state index contributed by atoms with van der Waals surface area (Å²) in [7, 11) is 1.62. The summed E-state index contributed by atoms with van der Waals surface area (Å²) in [5, 5.41) is 6.64. The van der Waals surface area contributed by atoms with Crippen molar-refractivity contribution in [3.8, 4) is 5.88 Å². The van der Waals surface area contributed by atoms with Gasteiger partial charge in [0.2, 0.25) is 5.88 Å². The fraction of sp³-hybridized carbons (Fsp3) is 0.385. The van der Waals surface area contributed by atoms with E-state index in [1.54, 1.807) is 18.4 Å². The molecule has 18 heavy (non-hydrogen) atoms. The van der Waals surface area contributed by atoms with Crippen molar-refractivity contribution >= 4 is 11.3 Å². The highest BCUT2D eigenvalue weighted by Crippen LogP contribution is 2.19. The SMILES string of the molecule is CCC(NCc1ccc(OC)nc1)c1nccs1. The summed E-state index contributed by atoms with van der Waals surface area (Å²) in [5.41, 5.74) is 1.14. The lowest BCUT2D eigenvalue weighted by Crippen LogP contribution is -2.20. The predicted molar refractivity (Wildman–Crippen MR) is 72.8 cm³/mol. The van der Waals surface area contributed by atoms with Gasteiger partial charge < -0.3 is 10.1 Å². The van der Waals surface area contributed by atoms with Crippen molar-refractivity contribution in [2.45, 2.75) is 25.9 Å². The smallest absolute Gasteiger partial charge is 0.212 e. The molecule has 0 aromatic carbocycles. The maximum Gasteiger partial charge on any atom is 0.212 e. The molecule has 0 radical (unpaired) electrons. The van der Waals surface area contributed by atoms with Crippen molar-refractivity contribution in [3.63, 3.8) is 0 Å². The number of pyridine rings is 1. The van der Waals surface area contributed by atoms with Gasteiger partial charge in [0, 0.05) is 30.4 Å². The summed E-state index contributed by atoms with van der Waals surface area (Å²) in [6, 6.07) is 4.21. The average Bonchev–Trinajstić information content (AvgIpc) is 2.94. The van der Waals surface area contributed by atoms with Crippen LogP contribution in [-0.4, -0.2) is 17.1 Å². The quantitative estimate of drug-likeness (QED) is 0.870. The van der Waals surface area contributed by atoms with E-state index >= 15 is 0 Å². The second-order valence-corrected chi connectivity index (χ2v) is 4.85. The fourth-order valence-corrected chi connectivity index (χ4v) is 2.49. The lowest BCUT2D eigenvalue weighted by Gasteiger charge is -2.14. The molecular formula is C13H17N3OS. The molecule has 5 heteroatoms. The highest BCUT2D eigenvalue weighted by Gasteiger charge is 2.10. The number of nitrogens with one attached hydrogen (secondary N) is 1. The van der Waals surface area contributed by atoms with E-state index in [1.165, 1.54) is 0 Å². The van der Waals surface area contributed by atoms with Crippen LogP contribution in [-0.2, 0) is 6.54 Å². The molecule has 2 rings (SSSR count). The van der Waals surface area contributed by atoms with Crippen molar-refractivity contribution in [1.82, 2.24) is 15.3 Å². The number of hydrogen-bond acceptors (Lipinski definition) is 5. The van der Waals surface area contributed by atoms with Crippen molar-refractivity contribution in [2.75, 3.05) is 7.11 Å². The number of rotatable bonds is 6. The van der Waals surface area contributed by atoms with Gasteiger partial charge in [-0.25, -0.2) is 9.97 Å². The predicted octanol–water partition coefficient (Wildman–Crippen LogP) is 2.79. The first-order chi connectivity index (χ1) is 8.83. The van der Waals surface area contributed by atoms with E-state index in [1.807, 2.05) is 29.9 Å². The number of aromatic nitrogens is 2. The summed E-state index contributed by atoms with van der Waals surface area (Å²) >= 11 is 1.69. The zero-order chi connectivity index (χ0) is 12.8. The molecule has 2 aromatic heterocycles. The lowest BCUT2D eigenvalue weighted by molar-refractivity contribution is 0.397. The van der Waals surface area contributed by atoms with Crippen molar-refractivity contribution in [2.24, 2.45) is 0 Å². The van der Waals surface area contributed by atoms with Crippen molar-refractivity contribution in [3.05, 3.63) is 40.5 Å². The number of nitrogens with zero attached hydrogens (tertiary/aromatic N) is 2. The third-order valence-electron chi connectivity index (χ3n) is 2.72. The van der Waals surface area contributed by atoms with Crippen LogP contribution in [0.15, 0.2) is 29.9 Å². The van der Waals surface area contributed by atoms with Gasteiger partial charge in [0.15, 0.2) is 0 Å². The molecule has 0 fully saturated rings. The second kappa shape index (κ2) is 6.47. The fourth-order valence-electron chi connectivity index (χ4n) is 1.69. The van der Waals surface area contributed by atoms with E-state index in [0.717, 1.165) is 23.5 Å². The molecule has 1 N–H and O–H groups in total. The van der Waals surface area contributed by atoms with Gasteiger partial charge in [-0.2, -0.15) is 0 Å². The van der Waals surface area contributed by atoms with Crippen LogP contribution in [0.25, 0.3) is 0 Å². The molecule has 0 saturated carbocycles. The first-order valence-corrected chi connectivity index (χ1v) is 6.83. The Morgan fingerprint density at radius 3 is 2.83 bits per heavy atom. The van der Waals surface area contributed by atoms with Crippen LogP contribution in [0.5, 0.6) is 5.88 Å². The van der Waals surface area contributed by atoms with Crippen molar-refractivity contribution < 1.29 is 4.74 Å². The van der Waals surface area contributed by atoms with Crippen LogP contribution in [0.1, 0.15) is 30.0 Å². The van der Waals surface area contributed by atoms with Gasteiger partial charge >= 0.3 is 0 Å². The zero-order valence-corrected chi connectivity index (χ0v) is 11.4. The summed E-state index contributed by atoms with van der Waals surface area (Å²) in [4.78, 5) is 8.54. The van der Waals surface area contributed by atoms with Gasteiger partial charge in [0.05, 0.1) is 13.2 Å². The second-order valence-electron chi connectivity index (χ2n) is 3.92. The highest BCUT2D eigenvalue weighted by molar-refractivity contribution is 7.09. The molecule has 0 amide bonds. The van der Waals surface area contributed by atoms with Gasteiger partial charge in [-0.1, -0.05) is 13.0 Å². The molecule has 0 saturated heterocycles. The minimum absolute atomic E-state index is 0.312. The van der Waals surface area contributed by atoms with Crippen LogP contribution in [0.2, 0.25) is 0 Å². The molecule has 1 unspecified atom stereocenters. The van der Waals surface area contributed by atoms with E-state index in [2.05, 4.69) is 22.2 Å². The minimum Gasteiger partial charge on any atom is -0.481 e. The Kier molecular flexibility index (Phi) is 4.66. The van der Waals surface area contributed by atoms with E-state index in [-0.39, 0.29) is 0 Å². The normalized spacial score (nSPS) is 12.3. The first kappa shape index (κ1) is 13.0. The molecule has 96 valence electrons. The Morgan fingerprint density at radius 1 is 1.39 bits per heavy atom. The van der Waals surface area contributed by atoms with E-state index in [0.29, 0.717) is 11.9 Å². The molecule has 2 aromatic rings. The molecule has 0 spiro atoms. The standard InChI is InChI=1S/C13H17N3OS/c1-3-11(13-14-6-7-18-13)15-8-10-4-5-12(17-2)16-9-10/h4-7,9,11,15H,3,8H2,1-2H3. The van der Waals surface area contributed by atoms with Crippen molar-refractivity contribution in [1.29, 1.82) is 0 Å². The molecule has 0 aliphatic carbocycles. The third-order valence-corrected chi connectivity index (χ3v) is 3.61. The van der Waals surface area contributed by atoms with Crippen LogP contribution in [0, 0.1) is 0 Å². The molecule has 0 aliphatic heterocycles. The maximum absolute atomic E-state index is 5.03. The highest BCUT2D eigenvalue weighted by atomic mass is 32.1. The number of ether oxygens (including phenoxy) is 1. The Labute approximate surface area is 111 Å². The first-order valence-electron chi connectivity index (χ1n) is 5.95. The lowest BCUT2D eigenvalue weighted by atomic mass is 10.2. The maximum atomic E-state index is 5.03. The van der Waals surface area contributed by atoms with Gasteiger partial charge in [-0.15, -0.1) is 11.3 Å². The van der Waals surface area contributed by atoms with Gasteiger partial charge in [0.1, 0.15) is 5.01 Å². The molecule has 1 atom stereocenters. The summed E-state index contributed by atoms with van der Waals surface area (Å²) in [6.45, 7) is 2.94. The Morgan fingerprint density at radius 2 is 2.28 bits per heavy atom. The average molecular weight is 263 g/mol. The van der Waals surface area contributed by atoms with E-state index in [4.69, 9.17) is 4.74 Å². The zero-order valence-electron chi connectivity index (χ0n) is 10.6. The topological polar surface area (TPSA) is 47.0 Å². The third kappa shape index (κ3) is 3.27. The largest absolute Gasteiger partial charge is 0.481 e. The Hall–Kier alpha value is -1.46. The number of methoxy groups -OCH3 is 1. The van der Waals surface area contributed by atoms with Crippen LogP contribution < -0.4 is 10.1 Å². The van der Waals surface area contributed by atoms with Crippen LogP contribution >= 0.6 is 11.3 Å². The molecule has 2 heterocycles. The summed E-state index contributed by atoms with van der Waals surface area (Å²) < 4.78 is 5.03. The molecule has 0 bridgehead atoms. The van der Waals surface area contributed by atoms with E-state index in [9.17, 15) is 0 Å². The van der Waals surface area contributed by atoms with Gasteiger partial charge in [-0.05, 0) is 12.0 Å². The molecule has 0 aliphatic rings. The Balaban J connectivity index is 1.93. The van der Waals surface area contributed by atoms with Gasteiger partial charge in [-0.3, -0.25) is 0 Å². The minimum atomic E-state index is 0.312. The van der Waals surface area contributed by atoms with Gasteiger partial charge in [0.25, 0.3) is 0 Å². The summed E-state index contributed by atoms with van der Waals surface area (Å²) in [6.07, 6.45) is 4.71. The van der Waals surface area contributed by atoms with Crippen LogP contribution in [0.3, 0.4) is 0 Å². The molecule has 4 nitrogen and oxygen atoms in total.